The van der Waals surface area contributed by atoms with Crippen molar-refractivity contribution in [2.75, 3.05) is 24.8 Å². The Labute approximate surface area is 198 Å². The number of amides is 1. The highest BCUT2D eigenvalue weighted by Crippen LogP contribution is 2.28. The summed E-state index contributed by atoms with van der Waals surface area (Å²) < 4.78 is 13.2. The summed E-state index contributed by atoms with van der Waals surface area (Å²) in [5.41, 5.74) is 2.95. The molecule has 2 aromatic carbocycles. The first-order valence-electron chi connectivity index (χ1n) is 11.3. The van der Waals surface area contributed by atoms with E-state index >= 15 is 0 Å². The number of methoxy groups -OCH3 is 1. The number of benzene rings is 2. The van der Waals surface area contributed by atoms with Crippen LogP contribution in [0.15, 0.2) is 53.7 Å². The van der Waals surface area contributed by atoms with Crippen molar-refractivity contribution >= 4 is 23.4 Å². The van der Waals surface area contributed by atoms with E-state index in [1.54, 1.807) is 7.11 Å². The van der Waals surface area contributed by atoms with Crippen LogP contribution in [-0.2, 0) is 16.1 Å². The zero-order valence-electron chi connectivity index (χ0n) is 19.3. The number of ether oxygens (including phenoxy) is 2. The molecule has 174 valence electrons. The lowest BCUT2D eigenvalue weighted by molar-refractivity contribution is -0.113. The number of aromatic nitrogens is 3. The van der Waals surface area contributed by atoms with Gasteiger partial charge in [-0.3, -0.25) is 9.36 Å². The van der Waals surface area contributed by atoms with E-state index in [-0.39, 0.29) is 17.8 Å². The third-order valence-corrected chi connectivity index (χ3v) is 6.61. The molecule has 1 unspecified atom stereocenters. The quantitative estimate of drug-likeness (QED) is 0.448. The van der Waals surface area contributed by atoms with Crippen molar-refractivity contribution in [1.82, 2.24) is 14.8 Å². The largest absolute Gasteiger partial charge is 0.497 e. The van der Waals surface area contributed by atoms with E-state index in [1.807, 2.05) is 42.5 Å². The van der Waals surface area contributed by atoms with E-state index in [0.717, 1.165) is 42.3 Å². The third kappa shape index (κ3) is 5.94. The Balaban J connectivity index is 1.48. The van der Waals surface area contributed by atoms with Crippen molar-refractivity contribution in [2.45, 2.75) is 50.4 Å². The maximum Gasteiger partial charge on any atom is 0.234 e. The van der Waals surface area contributed by atoms with Gasteiger partial charge in [0.25, 0.3) is 0 Å². The lowest BCUT2D eigenvalue weighted by atomic mass is 10.0. The van der Waals surface area contributed by atoms with Gasteiger partial charge in [0.15, 0.2) is 11.0 Å². The highest BCUT2D eigenvalue weighted by molar-refractivity contribution is 7.99. The topological polar surface area (TPSA) is 78.3 Å². The number of nitrogens with one attached hydrogen (secondary N) is 1. The van der Waals surface area contributed by atoms with Crippen LogP contribution in [0.4, 0.5) is 5.69 Å². The summed E-state index contributed by atoms with van der Waals surface area (Å²) in [7, 11) is 1.65. The average molecular weight is 467 g/mol. The van der Waals surface area contributed by atoms with Gasteiger partial charge in [-0.25, -0.2) is 0 Å². The number of hydrogen-bond donors (Lipinski definition) is 1. The molecule has 3 aromatic rings. The SMILES string of the molecule is COc1ccc(-c2nnc(SCC(=O)Nc3cccc(C(C)C)c3)n2CC2CCCO2)cc1. The molecule has 1 aliphatic heterocycles. The molecule has 1 amide bonds. The molecule has 1 aliphatic rings. The minimum absolute atomic E-state index is 0.0708. The first kappa shape index (κ1) is 23.3. The highest BCUT2D eigenvalue weighted by Gasteiger charge is 2.22. The number of carbonyl (C=O) groups excluding carboxylic acids is 1. The fourth-order valence-electron chi connectivity index (χ4n) is 3.81. The van der Waals surface area contributed by atoms with Crippen molar-refractivity contribution in [2.24, 2.45) is 0 Å². The van der Waals surface area contributed by atoms with Gasteiger partial charge in [-0.05, 0) is 60.7 Å². The van der Waals surface area contributed by atoms with Gasteiger partial charge in [-0.1, -0.05) is 37.7 Å². The molecule has 1 atom stereocenters. The first-order valence-corrected chi connectivity index (χ1v) is 12.2. The molecule has 0 saturated carbocycles. The number of rotatable bonds is 9. The fraction of sp³-hybridized carbons (Fsp3) is 0.400. The van der Waals surface area contributed by atoms with Gasteiger partial charge in [0.1, 0.15) is 5.75 Å². The Hall–Kier alpha value is -2.84. The monoisotopic (exact) mass is 466 g/mol. The maximum atomic E-state index is 12.6. The summed E-state index contributed by atoms with van der Waals surface area (Å²) in [6.45, 7) is 5.72. The van der Waals surface area contributed by atoms with Crippen molar-refractivity contribution in [3.05, 3.63) is 54.1 Å². The molecule has 0 aliphatic carbocycles. The van der Waals surface area contributed by atoms with Gasteiger partial charge in [0.05, 0.1) is 25.5 Å². The summed E-state index contributed by atoms with van der Waals surface area (Å²) in [6, 6.07) is 15.7. The number of hydrogen-bond acceptors (Lipinski definition) is 6. The maximum absolute atomic E-state index is 12.6. The Morgan fingerprint density at radius 3 is 2.76 bits per heavy atom. The van der Waals surface area contributed by atoms with Crippen molar-refractivity contribution in [1.29, 1.82) is 0 Å². The van der Waals surface area contributed by atoms with Gasteiger partial charge >= 0.3 is 0 Å². The van der Waals surface area contributed by atoms with Gasteiger partial charge in [0, 0.05) is 17.9 Å². The van der Waals surface area contributed by atoms with Crippen LogP contribution in [0.3, 0.4) is 0 Å². The van der Waals surface area contributed by atoms with Crippen LogP contribution >= 0.6 is 11.8 Å². The lowest BCUT2D eigenvalue weighted by Gasteiger charge is -2.15. The summed E-state index contributed by atoms with van der Waals surface area (Å²) >= 11 is 1.39. The second-order valence-electron chi connectivity index (χ2n) is 8.40. The van der Waals surface area contributed by atoms with E-state index in [4.69, 9.17) is 9.47 Å². The molecule has 0 spiro atoms. The van der Waals surface area contributed by atoms with E-state index in [0.29, 0.717) is 17.6 Å². The van der Waals surface area contributed by atoms with Gasteiger partial charge < -0.3 is 14.8 Å². The Bertz CT molecular complexity index is 1080. The van der Waals surface area contributed by atoms with Crippen LogP contribution in [0.2, 0.25) is 0 Å². The summed E-state index contributed by atoms with van der Waals surface area (Å²) in [5, 5.41) is 12.5. The molecule has 1 saturated heterocycles. The standard InChI is InChI=1S/C25H30N4O3S/c1-17(2)19-6-4-7-20(14-19)26-23(30)16-33-25-28-27-24(18-9-11-21(31-3)12-10-18)29(25)15-22-8-5-13-32-22/h4,6-7,9-12,14,17,22H,5,8,13,15-16H2,1-3H3,(H,26,30). The molecule has 8 heteroatoms. The van der Waals surface area contributed by atoms with Crippen LogP contribution in [0.1, 0.15) is 38.2 Å². The summed E-state index contributed by atoms with van der Waals surface area (Å²) in [5.74, 6) is 2.14. The van der Waals surface area contributed by atoms with Crippen molar-refractivity contribution in [3.8, 4) is 17.1 Å². The number of thioether (sulfide) groups is 1. The predicted octanol–water partition coefficient (Wildman–Crippen LogP) is 4.99. The predicted molar refractivity (Wildman–Crippen MR) is 131 cm³/mol. The van der Waals surface area contributed by atoms with E-state index < -0.39 is 0 Å². The Morgan fingerprint density at radius 1 is 1.24 bits per heavy atom. The van der Waals surface area contributed by atoms with E-state index in [2.05, 4.69) is 40.0 Å². The summed E-state index contributed by atoms with van der Waals surface area (Å²) in [6.07, 6.45) is 2.20. The number of nitrogens with zero attached hydrogens (tertiary/aromatic N) is 3. The van der Waals surface area contributed by atoms with Crippen molar-refractivity contribution < 1.29 is 14.3 Å². The smallest absolute Gasteiger partial charge is 0.234 e. The van der Waals surface area contributed by atoms with Gasteiger partial charge in [-0.15, -0.1) is 10.2 Å². The summed E-state index contributed by atoms with van der Waals surface area (Å²) in [4.78, 5) is 12.6. The molecule has 7 nitrogen and oxygen atoms in total. The number of carbonyl (C=O) groups is 1. The van der Waals surface area contributed by atoms with Crippen LogP contribution in [0.25, 0.3) is 11.4 Å². The zero-order chi connectivity index (χ0) is 23.2. The van der Waals surface area contributed by atoms with Crippen LogP contribution in [0, 0.1) is 0 Å². The molecule has 1 aromatic heterocycles. The Kier molecular flexibility index (Phi) is 7.67. The molecule has 2 heterocycles. The molecular weight excluding hydrogens is 436 g/mol. The van der Waals surface area contributed by atoms with E-state index in [1.165, 1.54) is 17.3 Å². The first-order chi connectivity index (χ1) is 16.0. The molecule has 33 heavy (non-hydrogen) atoms. The molecule has 4 rings (SSSR count). The molecule has 0 radical (unpaired) electrons. The highest BCUT2D eigenvalue weighted by atomic mass is 32.2. The van der Waals surface area contributed by atoms with Crippen LogP contribution in [-0.4, -0.2) is 46.2 Å². The second kappa shape index (κ2) is 10.9. The second-order valence-corrected chi connectivity index (χ2v) is 9.34. The lowest BCUT2D eigenvalue weighted by Crippen LogP contribution is -2.18. The molecular formula is C25H30N4O3S. The average Bonchev–Trinajstić information content (AvgIpc) is 3.48. The molecule has 1 fully saturated rings. The molecule has 0 bridgehead atoms. The van der Waals surface area contributed by atoms with Gasteiger partial charge in [-0.2, -0.15) is 0 Å². The Morgan fingerprint density at radius 2 is 2.06 bits per heavy atom. The normalized spacial score (nSPS) is 15.7. The van der Waals surface area contributed by atoms with Gasteiger partial charge in [0.2, 0.25) is 5.91 Å². The third-order valence-electron chi connectivity index (χ3n) is 5.64. The fourth-order valence-corrected chi connectivity index (χ4v) is 4.56. The van der Waals surface area contributed by atoms with E-state index in [9.17, 15) is 4.79 Å². The minimum atomic E-state index is -0.0708. The van der Waals surface area contributed by atoms with Crippen LogP contribution in [0.5, 0.6) is 5.75 Å². The number of anilines is 1. The zero-order valence-corrected chi connectivity index (χ0v) is 20.1. The van der Waals surface area contributed by atoms with Crippen LogP contribution < -0.4 is 10.1 Å². The minimum Gasteiger partial charge on any atom is -0.497 e. The molecule has 1 N–H and O–H groups in total. The van der Waals surface area contributed by atoms with Crippen molar-refractivity contribution in [3.63, 3.8) is 0 Å².